The Morgan fingerprint density at radius 2 is 2.19 bits per heavy atom. The third kappa shape index (κ3) is 8.28. The van der Waals surface area contributed by atoms with Crippen molar-refractivity contribution in [3.8, 4) is 0 Å². The summed E-state index contributed by atoms with van der Waals surface area (Å²) >= 11 is 1.71. The number of ether oxygens (including phenoxy) is 1. The van der Waals surface area contributed by atoms with Crippen LogP contribution in [0.5, 0.6) is 0 Å². The number of guanidine groups is 1. The predicted octanol–water partition coefficient (Wildman–Crippen LogP) is 1.37. The van der Waals surface area contributed by atoms with E-state index in [1.807, 2.05) is 6.07 Å². The van der Waals surface area contributed by atoms with E-state index in [4.69, 9.17) is 4.74 Å². The molecular weight excluding hydrogens is 362 g/mol. The van der Waals surface area contributed by atoms with Gasteiger partial charge in [0.2, 0.25) is 5.91 Å². The molecule has 1 aromatic rings. The summed E-state index contributed by atoms with van der Waals surface area (Å²) in [5.41, 5.74) is 0. The van der Waals surface area contributed by atoms with Gasteiger partial charge in [-0.1, -0.05) is 6.07 Å². The molecule has 0 saturated carbocycles. The molecule has 1 aliphatic heterocycles. The topological polar surface area (TPSA) is 69.2 Å². The number of rotatable bonds is 9. The number of likely N-dealkylation sites (tertiary alicyclic amines) is 1. The minimum Gasteiger partial charge on any atom is -0.385 e. The standard InChI is InChI=1S/C19H33N5O2S/c1-23(2)18(25)15-21-19(20-14-17-6-4-13-27-17)22-16-7-10-24(11-8-16)9-5-12-26-3/h4,6,13,16H,5,7-12,14-15H2,1-3H3,(H2,20,21,22). The molecule has 0 aromatic carbocycles. The van der Waals surface area contributed by atoms with Crippen LogP contribution in [0, 0.1) is 0 Å². The summed E-state index contributed by atoms with van der Waals surface area (Å²) in [4.78, 5) is 21.7. The maximum Gasteiger partial charge on any atom is 0.243 e. The van der Waals surface area contributed by atoms with Crippen molar-refractivity contribution in [1.29, 1.82) is 0 Å². The largest absolute Gasteiger partial charge is 0.385 e. The van der Waals surface area contributed by atoms with Gasteiger partial charge in [-0.25, -0.2) is 4.99 Å². The van der Waals surface area contributed by atoms with E-state index in [-0.39, 0.29) is 12.5 Å². The van der Waals surface area contributed by atoms with Crippen molar-refractivity contribution in [3.05, 3.63) is 22.4 Å². The molecule has 1 saturated heterocycles. The van der Waals surface area contributed by atoms with Crippen LogP contribution in [0.3, 0.4) is 0 Å². The molecule has 0 aliphatic carbocycles. The molecule has 0 spiro atoms. The lowest BCUT2D eigenvalue weighted by Gasteiger charge is -2.33. The Balaban J connectivity index is 1.83. The minimum atomic E-state index is 0.000172. The van der Waals surface area contributed by atoms with Gasteiger partial charge in [-0.15, -0.1) is 11.3 Å². The number of thiophene rings is 1. The molecule has 152 valence electrons. The first kappa shape index (κ1) is 21.7. The SMILES string of the molecule is COCCCN1CCC(NC(=NCC(=O)N(C)C)NCc2cccs2)CC1. The van der Waals surface area contributed by atoms with Crippen molar-refractivity contribution < 1.29 is 9.53 Å². The van der Waals surface area contributed by atoms with Gasteiger partial charge < -0.3 is 25.2 Å². The zero-order chi connectivity index (χ0) is 19.5. The first-order valence-corrected chi connectivity index (χ1v) is 10.4. The fourth-order valence-electron chi connectivity index (χ4n) is 2.95. The summed E-state index contributed by atoms with van der Waals surface area (Å²) in [6, 6.07) is 4.52. The lowest BCUT2D eigenvalue weighted by molar-refractivity contribution is -0.127. The average molecular weight is 396 g/mol. The number of aliphatic imine (C=N–C) groups is 1. The Morgan fingerprint density at radius 1 is 1.41 bits per heavy atom. The van der Waals surface area contributed by atoms with E-state index in [1.54, 1.807) is 37.4 Å². The highest BCUT2D eigenvalue weighted by Crippen LogP contribution is 2.11. The molecule has 2 heterocycles. The van der Waals surface area contributed by atoms with Crippen LogP contribution < -0.4 is 10.6 Å². The number of hydrogen-bond acceptors (Lipinski definition) is 5. The zero-order valence-electron chi connectivity index (χ0n) is 16.7. The van der Waals surface area contributed by atoms with Crippen LogP contribution in [-0.4, -0.2) is 81.7 Å². The normalized spacial score (nSPS) is 16.3. The maximum absolute atomic E-state index is 11.9. The number of amides is 1. The number of likely N-dealkylation sites (N-methyl/N-ethyl adjacent to an activating group) is 1. The minimum absolute atomic E-state index is 0.000172. The molecule has 1 aliphatic rings. The summed E-state index contributed by atoms with van der Waals surface area (Å²) in [5.74, 6) is 0.719. The van der Waals surface area contributed by atoms with Gasteiger partial charge in [0.15, 0.2) is 5.96 Å². The summed E-state index contributed by atoms with van der Waals surface area (Å²) in [7, 11) is 5.26. The molecule has 0 radical (unpaired) electrons. The van der Waals surface area contributed by atoms with Gasteiger partial charge in [-0.05, 0) is 30.7 Å². The number of carbonyl (C=O) groups excluding carboxylic acids is 1. The Morgan fingerprint density at radius 3 is 2.81 bits per heavy atom. The maximum atomic E-state index is 11.9. The number of methoxy groups -OCH3 is 1. The monoisotopic (exact) mass is 395 g/mol. The molecule has 1 aromatic heterocycles. The van der Waals surface area contributed by atoms with Crippen molar-refractivity contribution in [2.75, 3.05) is 54.0 Å². The van der Waals surface area contributed by atoms with Crippen molar-refractivity contribution >= 4 is 23.2 Å². The lowest BCUT2D eigenvalue weighted by Crippen LogP contribution is -2.49. The highest BCUT2D eigenvalue weighted by Gasteiger charge is 2.20. The van der Waals surface area contributed by atoms with Crippen molar-refractivity contribution in [1.82, 2.24) is 20.4 Å². The molecule has 0 bridgehead atoms. The number of nitrogens with zero attached hydrogens (tertiary/aromatic N) is 3. The lowest BCUT2D eigenvalue weighted by atomic mass is 10.1. The van der Waals surface area contributed by atoms with E-state index in [2.05, 4.69) is 32.0 Å². The Bertz CT molecular complexity index is 569. The van der Waals surface area contributed by atoms with Crippen molar-refractivity contribution in [2.24, 2.45) is 4.99 Å². The van der Waals surface area contributed by atoms with Crippen LogP contribution in [0.25, 0.3) is 0 Å². The van der Waals surface area contributed by atoms with Crippen LogP contribution in [0.4, 0.5) is 0 Å². The second-order valence-electron chi connectivity index (χ2n) is 6.99. The molecule has 2 rings (SSSR count). The molecule has 2 N–H and O–H groups in total. The van der Waals surface area contributed by atoms with Crippen LogP contribution in [0.2, 0.25) is 0 Å². The third-order valence-electron chi connectivity index (χ3n) is 4.63. The molecule has 7 nitrogen and oxygen atoms in total. The van der Waals surface area contributed by atoms with Gasteiger partial charge in [0.05, 0.1) is 6.54 Å². The van der Waals surface area contributed by atoms with Crippen LogP contribution >= 0.6 is 11.3 Å². The van der Waals surface area contributed by atoms with E-state index in [0.29, 0.717) is 6.04 Å². The van der Waals surface area contributed by atoms with E-state index in [9.17, 15) is 4.79 Å². The van der Waals surface area contributed by atoms with Crippen LogP contribution in [0.1, 0.15) is 24.1 Å². The molecule has 1 amide bonds. The Labute approximate surface area is 166 Å². The van der Waals surface area contributed by atoms with Crippen LogP contribution in [0.15, 0.2) is 22.5 Å². The smallest absolute Gasteiger partial charge is 0.243 e. The number of carbonyl (C=O) groups is 1. The molecule has 8 heteroatoms. The number of nitrogens with one attached hydrogen (secondary N) is 2. The summed E-state index contributed by atoms with van der Waals surface area (Å²) < 4.78 is 5.13. The van der Waals surface area contributed by atoms with Gasteiger partial charge >= 0.3 is 0 Å². The summed E-state index contributed by atoms with van der Waals surface area (Å²) in [6.07, 6.45) is 3.24. The van der Waals surface area contributed by atoms with E-state index in [1.165, 1.54) is 4.88 Å². The molecule has 27 heavy (non-hydrogen) atoms. The van der Waals surface area contributed by atoms with E-state index < -0.39 is 0 Å². The Kier molecular flexibility index (Phi) is 9.58. The molecule has 0 unspecified atom stereocenters. The highest BCUT2D eigenvalue weighted by atomic mass is 32.1. The van der Waals surface area contributed by atoms with Crippen molar-refractivity contribution in [2.45, 2.75) is 31.8 Å². The quantitative estimate of drug-likeness (QED) is 0.376. The fraction of sp³-hybridized carbons (Fsp3) is 0.684. The fourth-order valence-corrected chi connectivity index (χ4v) is 3.60. The number of hydrogen-bond donors (Lipinski definition) is 2. The van der Waals surface area contributed by atoms with Gasteiger partial charge in [0, 0.05) is 58.4 Å². The first-order chi connectivity index (χ1) is 13.1. The second kappa shape index (κ2) is 11.9. The van der Waals surface area contributed by atoms with Gasteiger partial charge in [0.1, 0.15) is 6.54 Å². The molecule has 0 atom stereocenters. The summed E-state index contributed by atoms with van der Waals surface area (Å²) in [5, 5.41) is 8.95. The second-order valence-corrected chi connectivity index (χ2v) is 8.02. The van der Waals surface area contributed by atoms with Gasteiger partial charge in [-0.3, -0.25) is 4.79 Å². The first-order valence-electron chi connectivity index (χ1n) is 9.57. The highest BCUT2D eigenvalue weighted by molar-refractivity contribution is 7.09. The molecular formula is C19H33N5O2S. The predicted molar refractivity (Wildman–Crippen MR) is 111 cm³/mol. The summed E-state index contributed by atoms with van der Waals surface area (Å²) in [6.45, 7) is 4.95. The average Bonchev–Trinajstić information content (AvgIpc) is 3.18. The zero-order valence-corrected chi connectivity index (χ0v) is 17.6. The van der Waals surface area contributed by atoms with Crippen LogP contribution in [-0.2, 0) is 16.1 Å². The van der Waals surface area contributed by atoms with E-state index in [0.717, 1.165) is 58.0 Å². The Hall–Kier alpha value is -1.64. The van der Waals surface area contributed by atoms with E-state index >= 15 is 0 Å². The van der Waals surface area contributed by atoms with Gasteiger partial charge in [-0.2, -0.15) is 0 Å². The van der Waals surface area contributed by atoms with Gasteiger partial charge in [0.25, 0.3) is 0 Å². The number of piperidine rings is 1. The third-order valence-corrected chi connectivity index (χ3v) is 5.51. The molecule has 1 fully saturated rings. The van der Waals surface area contributed by atoms with Crippen molar-refractivity contribution in [3.63, 3.8) is 0 Å².